The van der Waals surface area contributed by atoms with E-state index >= 15 is 0 Å². The standard InChI is InChI=1S/C48H52N10O9/c49-38(59)17-14-30-27-31(13-16-37(30)67-33-9-2-1-3-10-33)43-42-44(50)51-29-52-45(42)58(55-43)32-19-22-56(23-20-32)21-4-5-24-65-25-6-7-26-66-28-40(61)53-35-12-8-11-34-41(35)48(64)57(47(34)63)36-15-18-39(60)54-46(36)62/h1-3,8-14,16-17,27,29,32,36H,4-7,15,18-26,28H2,(H2,49,59)(H,53,61)(H2,50,51,52)(H,54,60,62). The number of anilines is 2. The van der Waals surface area contributed by atoms with Gasteiger partial charge in [-0.15, -0.1) is 0 Å². The molecule has 1 unspecified atom stereocenters. The molecular formula is C48H52N10O9. The minimum Gasteiger partial charge on any atom is -0.457 e. The minimum absolute atomic E-state index is 0.00647. The minimum atomic E-state index is -1.10. The van der Waals surface area contributed by atoms with Crippen LogP contribution in [0.1, 0.15) is 83.7 Å². The Morgan fingerprint density at radius 2 is 1.63 bits per heavy atom. The topological polar surface area (TPSA) is 256 Å². The number of nitrogens with two attached hydrogens (primary N) is 2. The Bertz CT molecular complexity index is 2700. The number of amides is 6. The number of hydrogen-bond acceptors (Lipinski definition) is 14. The summed E-state index contributed by atoms with van der Waals surface area (Å²) >= 11 is 0. The molecule has 348 valence electrons. The van der Waals surface area contributed by atoms with Crippen molar-refractivity contribution in [2.75, 3.05) is 57.1 Å². The zero-order valence-corrected chi connectivity index (χ0v) is 36.9. The number of nitrogens with zero attached hydrogens (tertiary/aromatic N) is 6. The summed E-state index contributed by atoms with van der Waals surface area (Å²) in [7, 11) is 0. The molecule has 6 amide bonds. The van der Waals surface area contributed by atoms with Crippen LogP contribution in [0.3, 0.4) is 0 Å². The Morgan fingerprint density at radius 3 is 2.39 bits per heavy atom. The molecule has 0 aliphatic carbocycles. The van der Waals surface area contributed by atoms with Crippen molar-refractivity contribution in [3.05, 3.63) is 95.8 Å². The molecule has 6 N–H and O–H groups in total. The van der Waals surface area contributed by atoms with E-state index in [9.17, 15) is 28.8 Å². The number of piperidine rings is 2. The largest absolute Gasteiger partial charge is 0.457 e. The lowest BCUT2D eigenvalue weighted by Gasteiger charge is -2.32. The van der Waals surface area contributed by atoms with E-state index < -0.39 is 41.5 Å². The van der Waals surface area contributed by atoms with Crippen molar-refractivity contribution in [3.8, 4) is 22.8 Å². The summed E-state index contributed by atoms with van der Waals surface area (Å²) in [6.45, 7) is 4.08. The Balaban J connectivity index is 0.735. The first-order valence-corrected chi connectivity index (χ1v) is 22.4. The van der Waals surface area contributed by atoms with E-state index in [-0.39, 0.29) is 42.3 Å². The Hall–Kier alpha value is -7.35. The second kappa shape index (κ2) is 21.3. The van der Waals surface area contributed by atoms with Crippen molar-refractivity contribution in [3.63, 3.8) is 0 Å². The molecule has 2 fully saturated rings. The highest BCUT2D eigenvalue weighted by Crippen LogP contribution is 2.37. The van der Waals surface area contributed by atoms with E-state index in [1.54, 1.807) is 12.1 Å². The summed E-state index contributed by atoms with van der Waals surface area (Å²) in [5.41, 5.74) is 14.9. The van der Waals surface area contributed by atoms with E-state index in [0.717, 1.165) is 62.2 Å². The van der Waals surface area contributed by atoms with Gasteiger partial charge in [0, 0.05) is 56.5 Å². The van der Waals surface area contributed by atoms with Gasteiger partial charge in [0.05, 0.1) is 28.2 Å². The van der Waals surface area contributed by atoms with Crippen LogP contribution < -0.4 is 26.8 Å². The van der Waals surface area contributed by atoms with Crippen LogP contribution in [0.2, 0.25) is 0 Å². The van der Waals surface area contributed by atoms with Gasteiger partial charge < -0.3 is 35.9 Å². The molecule has 5 aromatic rings. The molecule has 3 aliphatic heterocycles. The van der Waals surface area contributed by atoms with Gasteiger partial charge in [-0.1, -0.05) is 24.3 Å². The predicted molar refractivity (Wildman–Crippen MR) is 246 cm³/mol. The van der Waals surface area contributed by atoms with Crippen LogP contribution in [0.15, 0.2) is 79.1 Å². The molecule has 5 heterocycles. The number of para-hydroxylation sites is 1. The van der Waals surface area contributed by atoms with Crippen molar-refractivity contribution >= 4 is 64.1 Å². The van der Waals surface area contributed by atoms with Crippen LogP contribution in [-0.2, 0) is 28.7 Å². The first kappa shape index (κ1) is 46.2. The fourth-order valence-electron chi connectivity index (χ4n) is 8.57. The van der Waals surface area contributed by atoms with Gasteiger partial charge in [0.25, 0.3) is 11.8 Å². The summed E-state index contributed by atoms with van der Waals surface area (Å²) in [4.78, 5) is 86.9. The summed E-state index contributed by atoms with van der Waals surface area (Å²) < 4.78 is 19.5. The number of likely N-dealkylation sites (tertiary alicyclic amines) is 1. The molecule has 19 heteroatoms. The van der Waals surface area contributed by atoms with Crippen molar-refractivity contribution in [1.82, 2.24) is 34.9 Å². The van der Waals surface area contributed by atoms with Gasteiger partial charge in [0.1, 0.15) is 42.0 Å². The van der Waals surface area contributed by atoms with Gasteiger partial charge in [0.2, 0.25) is 23.6 Å². The third-order valence-electron chi connectivity index (χ3n) is 11.9. The number of nitrogens with one attached hydrogen (secondary N) is 2. The molecule has 0 bridgehead atoms. The summed E-state index contributed by atoms with van der Waals surface area (Å²) in [6.07, 6.45) is 9.57. The maximum absolute atomic E-state index is 13.3. The lowest BCUT2D eigenvalue weighted by atomic mass is 10.0. The molecule has 0 saturated carbocycles. The maximum atomic E-state index is 13.3. The van der Waals surface area contributed by atoms with Crippen molar-refractivity contribution in [1.29, 1.82) is 0 Å². The van der Waals surface area contributed by atoms with E-state index in [0.29, 0.717) is 65.8 Å². The van der Waals surface area contributed by atoms with Gasteiger partial charge in [-0.3, -0.25) is 39.0 Å². The van der Waals surface area contributed by atoms with Crippen LogP contribution >= 0.6 is 0 Å². The number of ether oxygens (including phenoxy) is 3. The molecule has 67 heavy (non-hydrogen) atoms. The fraction of sp³-hybridized carbons (Fsp3) is 0.354. The normalized spacial score (nSPS) is 16.8. The summed E-state index contributed by atoms with van der Waals surface area (Å²) in [5.74, 6) is -2.06. The van der Waals surface area contributed by atoms with Gasteiger partial charge >= 0.3 is 0 Å². The predicted octanol–water partition coefficient (Wildman–Crippen LogP) is 4.64. The SMILES string of the molecule is NC(=O)C=Cc1cc(-c2nn(C3CCN(CCCCOCCCCOCC(=O)Nc4cccc5c4C(=O)N(C4CCC(=O)NC4=O)C5=O)CC3)c3ncnc(N)c23)ccc1Oc1ccccc1. The Morgan fingerprint density at radius 1 is 0.866 bits per heavy atom. The zero-order chi connectivity index (χ0) is 46.9. The van der Waals surface area contributed by atoms with Crippen molar-refractivity contribution < 1.29 is 43.0 Å². The monoisotopic (exact) mass is 912 g/mol. The number of hydrogen-bond donors (Lipinski definition) is 4. The quantitative estimate of drug-likeness (QED) is 0.0472. The van der Waals surface area contributed by atoms with Crippen LogP contribution in [0.5, 0.6) is 11.5 Å². The number of rotatable bonds is 20. The van der Waals surface area contributed by atoms with Crippen LogP contribution in [0, 0.1) is 0 Å². The van der Waals surface area contributed by atoms with Gasteiger partial charge in [-0.05, 0) is 100 Å². The van der Waals surface area contributed by atoms with Crippen LogP contribution in [0.25, 0.3) is 28.4 Å². The number of fused-ring (bicyclic) bond motifs is 2. The number of aromatic nitrogens is 4. The molecule has 1 atom stereocenters. The highest BCUT2D eigenvalue weighted by Gasteiger charge is 2.45. The van der Waals surface area contributed by atoms with E-state index in [4.69, 9.17) is 30.8 Å². The van der Waals surface area contributed by atoms with E-state index in [2.05, 4.69) is 25.5 Å². The number of benzene rings is 3. The molecule has 8 rings (SSSR count). The first-order valence-electron chi connectivity index (χ1n) is 22.4. The lowest BCUT2D eigenvalue weighted by molar-refractivity contribution is -0.136. The molecule has 2 saturated heterocycles. The molecular weight excluding hydrogens is 861 g/mol. The number of carbonyl (C=O) groups is 6. The Kier molecular flexibility index (Phi) is 14.7. The molecule has 3 aliphatic rings. The highest BCUT2D eigenvalue weighted by molar-refractivity contribution is 6.26. The number of carbonyl (C=O) groups excluding carboxylic acids is 6. The molecule has 19 nitrogen and oxygen atoms in total. The number of primary amides is 1. The van der Waals surface area contributed by atoms with Gasteiger partial charge in [-0.2, -0.15) is 5.10 Å². The van der Waals surface area contributed by atoms with Crippen LogP contribution in [-0.4, -0.2) is 117 Å². The number of imide groups is 2. The second-order valence-electron chi connectivity index (χ2n) is 16.5. The van der Waals surface area contributed by atoms with Gasteiger partial charge in [0.15, 0.2) is 5.65 Å². The fourth-order valence-corrected chi connectivity index (χ4v) is 8.57. The summed E-state index contributed by atoms with van der Waals surface area (Å²) in [6, 6.07) is 18.5. The zero-order valence-electron chi connectivity index (χ0n) is 36.9. The smallest absolute Gasteiger partial charge is 0.264 e. The average Bonchev–Trinajstić information content (AvgIpc) is 3.84. The third kappa shape index (κ3) is 10.9. The highest BCUT2D eigenvalue weighted by atomic mass is 16.5. The van der Waals surface area contributed by atoms with Crippen molar-refractivity contribution in [2.45, 2.75) is 63.5 Å². The van der Waals surface area contributed by atoms with Crippen molar-refractivity contribution in [2.24, 2.45) is 5.73 Å². The number of unbranched alkanes of at least 4 members (excludes halogenated alkanes) is 2. The van der Waals surface area contributed by atoms with Crippen LogP contribution in [0.4, 0.5) is 11.5 Å². The third-order valence-corrected chi connectivity index (χ3v) is 11.9. The average molecular weight is 913 g/mol. The maximum Gasteiger partial charge on any atom is 0.264 e. The lowest BCUT2D eigenvalue weighted by Crippen LogP contribution is -2.54. The summed E-state index contributed by atoms with van der Waals surface area (Å²) in [5, 5.41) is 10.6. The van der Waals surface area contributed by atoms with E-state index in [1.807, 2.05) is 53.2 Å². The second-order valence-corrected chi connectivity index (χ2v) is 16.5. The molecule has 0 spiro atoms. The Labute approximate surface area is 385 Å². The molecule has 2 aromatic heterocycles. The number of nitrogen functional groups attached to an aromatic ring is 1. The molecule has 3 aromatic carbocycles. The van der Waals surface area contributed by atoms with E-state index in [1.165, 1.54) is 24.5 Å². The van der Waals surface area contributed by atoms with Gasteiger partial charge in [-0.25, -0.2) is 14.6 Å². The molecule has 0 radical (unpaired) electrons. The first-order chi connectivity index (χ1) is 32.5.